The molecule has 3 heterocycles. The highest BCUT2D eigenvalue weighted by Crippen LogP contribution is 2.24. The van der Waals surface area contributed by atoms with Crippen LogP contribution in [0.5, 0.6) is 0 Å². The zero-order chi connectivity index (χ0) is 15.7. The summed E-state index contributed by atoms with van der Waals surface area (Å²) in [4.78, 5) is 9.20. The average molecular weight is 299 g/mol. The fourth-order valence-corrected chi connectivity index (χ4v) is 2.51. The zero-order valence-electron chi connectivity index (χ0n) is 13.2. The van der Waals surface area contributed by atoms with Gasteiger partial charge in [-0.2, -0.15) is 5.10 Å². The molecule has 0 aliphatic rings. The second kappa shape index (κ2) is 5.88. The van der Waals surface area contributed by atoms with Gasteiger partial charge in [-0.3, -0.25) is 0 Å². The maximum atomic E-state index is 9.78. The lowest BCUT2D eigenvalue weighted by atomic mass is 10.3. The van der Waals surface area contributed by atoms with Crippen LogP contribution in [0.2, 0.25) is 0 Å². The van der Waals surface area contributed by atoms with Crippen molar-refractivity contribution in [1.82, 2.24) is 24.1 Å². The van der Waals surface area contributed by atoms with Crippen molar-refractivity contribution in [2.45, 2.75) is 46.3 Å². The Morgan fingerprint density at radius 2 is 2.09 bits per heavy atom. The lowest BCUT2D eigenvalue weighted by Gasteiger charge is -2.03. The van der Waals surface area contributed by atoms with E-state index in [4.69, 9.17) is 0 Å². The van der Waals surface area contributed by atoms with Gasteiger partial charge in [0.1, 0.15) is 17.4 Å². The first-order valence-corrected chi connectivity index (χ1v) is 7.68. The van der Waals surface area contributed by atoms with Crippen LogP contribution in [-0.4, -0.2) is 29.3 Å². The van der Waals surface area contributed by atoms with Crippen LogP contribution in [0.25, 0.3) is 17.2 Å². The summed E-state index contributed by atoms with van der Waals surface area (Å²) >= 11 is 0. The fraction of sp³-hybridized carbons (Fsp3) is 0.438. The summed E-state index contributed by atoms with van der Waals surface area (Å²) in [5, 5.41) is 14.2. The smallest absolute Gasteiger partial charge is 0.179 e. The first-order chi connectivity index (χ1) is 10.6. The van der Waals surface area contributed by atoms with Crippen LogP contribution < -0.4 is 0 Å². The predicted octanol–water partition coefficient (Wildman–Crippen LogP) is 2.75. The summed E-state index contributed by atoms with van der Waals surface area (Å²) in [7, 11) is 0. The molecule has 6 heteroatoms. The van der Waals surface area contributed by atoms with E-state index in [2.05, 4.69) is 22.0 Å². The summed E-state index contributed by atoms with van der Waals surface area (Å²) in [6, 6.07) is 5.92. The van der Waals surface area contributed by atoms with Gasteiger partial charge in [0.25, 0.3) is 0 Å². The number of imidazole rings is 1. The first kappa shape index (κ1) is 14.7. The Kier molecular flexibility index (Phi) is 3.94. The van der Waals surface area contributed by atoms with E-state index < -0.39 is 6.10 Å². The molecule has 3 rings (SSSR count). The molecule has 0 saturated carbocycles. The van der Waals surface area contributed by atoms with Crippen LogP contribution in [0.1, 0.15) is 44.3 Å². The van der Waals surface area contributed by atoms with Crippen molar-refractivity contribution in [3.05, 3.63) is 35.9 Å². The van der Waals surface area contributed by atoms with Crippen molar-refractivity contribution in [2.24, 2.45) is 0 Å². The third kappa shape index (κ3) is 2.50. The molecule has 0 aliphatic carbocycles. The molecule has 3 aromatic rings. The third-order valence-corrected chi connectivity index (χ3v) is 3.77. The van der Waals surface area contributed by atoms with E-state index >= 15 is 0 Å². The standard InChI is InChI=1S/C16H21N5O/c1-4-5-10-21-16(18-15(19-21)12(3)22)14-11(2)20-9-7-6-8-13(20)17-14/h6-9,12,22H,4-5,10H2,1-3H3. The molecule has 0 amide bonds. The Hall–Kier alpha value is -2.21. The lowest BCUT2D eigenvalue weighted by Crippen LogP contribution is -2.04. The molecule has 1 atom stereocenters. The Balaban J connectivity index is 2.13. The number of aromatic nitrogens is 5. The molecule has 1 unspecified atom stereocenters. The minimum atomic E-state index is -0.682. The Labute approximate surface area is 129 Å². The number of fused-ring (bicyclic) bond motifs is 1. The quantitative estimate of drug-likeness (QED) is 0.786. The summed E-state index contributed by atoms with van der Waals surface area (Å²) in [6.07, 6.45) is 3.40. The third-order valence-electron chi connectivity index (χ3n) is 3.77. The van der Waals surface area contributed by atoms with Gasteiger partial charge in [-0.05, 0) is 32.4 Å². The van der Waals surface area contributed by atoms with Crippen LogP contribution in [0, 0.1) is 6.92 Å². The van der Waals surface area contributed by atoms with Crippen LogP contribution in [-0.2, 0) is 6.54 Å². The Bertz CT molecular complexity index is 787. The van der Waals surface area contributed by atoms with Crippen molar-refractivity contribution in [1.29, 1.82) is 0 Å². The normalized spacial score (nSPS) is 12.9. The number of pyridine rings is 1. The van der Waals surface area contributed by atoms with Gasteiger partial charge in [-0.1, -0.05) is 19.4 Å². The van der Waals surface area contributed by atoms with Gasteiger partial charge >= 0.3 is 0 Å². The van der Waals surface area contributed by atoms with Crippen molar-refractivity contribution < 1.29 is 5.11 Å². The summed E-state index contributed by atoms with van der Waals surface area (Å²) in [5.41, 5.74) is 2.73. The summed E-state index contributed by atoms with van der Waals surface area (Å²) in [5.74, 6) is 1.17. The maximum absolute atomic E-state index is 9.78. The van der Waals surface area contributed by atoms with Crippen molar-refractivity contribution >= 4 is 5.65 Å². The molecule has 0 bridgehead atoms. The van der Waals surface area contributed by atoms with Gasteiger partial charge < -0.3 is 9.51 Å². The van der Waals surface area contributed by atoms with Crippen molar-refractivity contribution in [2.75, 3.05) is 0 Å². The van der Waals surface area contributed by atoms with Crippen molar-refractivity contribution in [3.63, 3.8) is 0 Å². The molecule has 22 heavy (non-hydrogen) atoms. The molecule has 0 aromatic carbocycles. The largest absolute Gasteiger partial charge is 0.385 e. The fourth-order valence-electron chi connectivity index (χ4n) is 2.51. The van der Waals surface area contributed by atoms with Crippen LogP contribution in [0.3, 0.4) is 0 Å². The number of aliphatic hydroxyl groups is 1. The van der Waals surface area contributed by atoms with E-state index in [0.29, 0.717) is 5.82 Å². The molecule has 0 saturated heterocycles. The molecule has 0 spiro atoms. The number of aliphatic hydroxyl groups excluding tert-OH is 1. The Morgan fingerprint density at radius 1 is 1.27 bits per heavy atom. The number of hydrogen-bond acceptors (Lipinski definition) is 4. The van der Waals surface area contributed by atoms with Crippen LogP contribution >= 0.6 is 0 Å². The van der Waals surface area contributed by atoms with Gasteiger partial charge in [0.05, 0.1) is 5.69 Å². The molecule has 116 valence electrons. The minimum absolute atomic E-state index is 0.447. The molecule has 3 aromatic heterocycles. The number of hydrogen-bond donors (Lipinski definition) is 1. The summed E-state index contributed by atoms with van der Waals surface area (Å²) < 4.78 is 3.90. The van der Waals surface area contributed by atoms with Gasteiger partial charge in [0, 0.05) is 12.7 Å². The molecule has 0 aliphatic heterocycles. The molecular weight excluding hydrogens is 278 g/mol. The van der Waals surface area contributed by atoms with Gasteiger partial charge in [0.15, 0.2) is 11.6 Å². The van der Waals surface area contributed by atoms with Gasteiger partial charge in [-0.25, -0.2) is 14.6 Å². The van der Waals surface area contributed by atoms with E-state index in [1.807, 2.05) is 40.4 Å². The minimum Gasteiger partial charge on any atom is -0.385 e. The van der Waals surface area contributed by atoms with Gasteiger partial charge in [-0.15, -0.1) is 0 Å². The average Bonchev–Trinajstić information content (AvgIpc) is 3.07. The van der Waals surface area contributed by atoms with E-state index in [1.165, 1.54) is 0 Å². The van der Waals surface area contributed by atoms with E-state index in [-0.39, 0.29) is 0 Å². The first-order valence-electron chi connectivity index (χ1n) is 7.68. The van der Waals surface area contributed by atoms with Crippen LogP contribution in [0.15, 0.2) is 24.4 Å². The lowest BCUT2D eigenvalue weighted by molar-refractivity contribution is 0.188. The SMILES string of the molecule is CCCCn1nc(C(C)O)nc1-c1nc2ccccn2c1C. The number of aryl methyl sites for hydroxylation is 2. The van der Waals surface area contributed by atoms with Crippen molar-refractivity contribution in [3.8, 4) is 11.5 Å². The van der Waals surface area contributed by atoms with E-state index in [9.17, 15) is 5.11 Å². The highest BCUT2D eigenvalue weighted by Gasteiger charge is 2.19. The van der Waals surface area contributed by atoms with E-state index in [0.717, 1.165) is 42.2 Å². The second-order valence-corrected chi connectivity index (χ2v) is 5.52. The predicted molar refractivity (Wildman–Crippen MR) is 84.5 cm³/mol. The summed E-state index contributed by atoms with van der Waals surface area (Å²) in [6.45, 7) is 6.62. The molecular formula is C16H21N5O. The molecule has 0 fully saturated rings. The van der Waals surface area contributed by atoms with Gasteiger partial charge in [0.2, 0.25) is 0 Å². The highest BCUT2D eigenvalue weighted by atomic mass is 16.3. The molecule has 1 N–H and O–H groups in total. The maximum Gasteiger partial charge on any atom is 0.179 e. The molecule has 0 radical (unpaired) electrons. The molecule has 6 nitrogen and oxygen atoms in total. The second-order valence-electron chi connectivity index (χ2n) is 5.52. The number of unbranched alkanes of at least 4 members (excludes halogenated alkanes) is 1. The van der Waals surface area contributed by atoms with Crippen LogP contribution in [0.4, 0.5) is 0 Å². The number of rotatable bonds is 5. The topological polar surface area (TPSA) is 68.2 Å². The zero-order valence-corrected chi connectivity index (χ0v) is 13.2. The highest BCUT2D eigenvalue weighted by molar-refractivity contribution is 5.60. The monoisotopic (exact) mass is 299 g/mol. The Morgan fingerprint density at radius 3 is 2.77 bits per heavy atom. The number of nitrogens with zero attached hydrogens (tertiary/aromatic N) is 5. The van der Waals surface area contributed by atoms with E-state index in [1.54, 1.807) is 6.92 Å².